The van der Waals surface area contributed by atoms with Gasteiger partial charge >= 0.3 is 0 Å². The molecular formula is C29H32FN5O2S. The number of thioether (sulfide) groups is 1. The van der Waals surface area contributed by atoms with E-state index in [9.17, 15) is 14.0 Å². The molecule has 1 heterocycles. The molecule has 0 atom stereocenters. The number of hydrogen-bond donors (Lipinski definition) is 2. The third-order valence-corrected chi connectivity index (χ3v) is 9.31. The van der Waals surface area contributed by atoms with Crippen LogP contribution < -0.4 is 10.6 Å². The Kier molecular flexibility index (Phi) is 6.72. The van der Waals surface area contributed by atoms with Crippen molar-refractivity contribution >= 4 is 29.3 Å². The van der Waals surface area contributed by atoms with Crippen LogP contribution in [0.15, 0.2) is 53.7 Å². The Morgan fingerprint density at radius 2 is 1.61 bits per heavy atom. The van der Waals surface area contributed by atoms with E-state index in [0.29, 0.717) is 34.4 Å². The lowest BCUT2D eigenvalue weighted by atomic mass is 9.49. The molecule has 198 valence electrons. The van der Waals surface area contributed by atoms with Gasteiger partial charge in [0.25, 0.3) is 0 Å². The van der Waals surface area contributed by atoms with Crippen molar-refractivity contribution in [2.75, 3.05) is 11.1 Å². The molecule has 0 saturated heterocycles. The molecule has 0 unspecified atom stereocenters. The molecule has 2 N–H and O–H groups in total. The molecule has 3 aromatic rings. The normalized spacial score (nSPS) is 25.4. The van der Waals surface area contributed by atoms with Gasteiger partial charge in [-0.1, -0.05) is 29.5 Å². The maximum absolute atomic E-state index is 13.7. The standard InChI is InChI=1S/C29H32FN5O2S/c1-18-2-6-23(7-3-18)32-26(36)17-38-28-34-33-25(35(28)24-8-4-22(30)5-9-24)16-31-27(37)29-13-19-10-20(14-29)12-21(11-19)15-29/h2-9,19-21H,10-17H2,1H3,(H,31,37)(H,32,36). The number of aryl methyl sites for hydroxylation is 1. The summed E-state index contributed by atoms with van der Waals surface area (Å²) in [6, 6.07) is 13.7. The number of hydrogen-bond acceptors (Lipinski definition) is 5. The molecule has 0 aliphatic heterocycles. The number of aromatic nitrogens is 3. The Balaban J connectivity index is 1.17. The minimum atomic E-state index is -0.342. The van der Waals surface area contributed by atoms with E-state index in [1.165, 1.54) is 43.2 Å². The fourth-order valence-corrected chi connectivity index (χ4v) is 7.83. The Morgan fingerprint density at radius 3 is 2.24 bits per heavy atom. The molecule has 4 bridgehead atoms. The number of nitrogens with zero attached hydrogens (tertiary/aromatic N) is 3. The summed E-state index contributed by atoms with van der Waals surface area (Å²) in [4.78, 5) is 26.1. The third kappa shape index (κ3) is 5.08. The van der Waals surface area contributed by atoms with Crippen LogP contribution in [-0.4, -0.2) is 32.3 Å². The van der Waals surface area contributed by atoms with Crippen molar-refractivity contribution in [3.63, 3.8) is 0 Å². The lowest BCUT2D eigenvalue weighted by Gasteiger charge is -2.55. The average molecular weight is 534 g/mol. The monoisotopic (exact) mass is 533 g/mol. The van der Waals surface area contributed by atoms with Crippen LogP contribution >= 0.6 is 11.8 Å². The fraction of sp³-hybridized carbons (Fsp3) is 0.448. The first-order valence-electron chi connectivity index (χ1n) is 13.3. The van der Waals surface area contributed by atoms with Gasteiger partial charge in [-0.3, -0.25) is 14.2 Å². The first-order valence-corrected chi connectivity index (χ1v) is 14.3. The SMILES string of the molecule is Cc1ccc(NC(=O)CSc2nnc(CNC(=O)C34CC5CC(CC(C5)C3)C4)n2-c2ccc(F)cc2)cc1. The van der Waals surface area contributed by atoms with E-state index in [2.05, 4.69) is 20.8 Å². The number of carbonyl (C=O) groups excluding carboxylic acids is 2. The van der Waals surface area contributed by atoms with Crippen LogP contribution in [0.3, 0.4) is 0 Å². The van der Waals surface area contributed by atoms with Crippen LogP contribution in [-0.2, 0) is 16.1 Å². The van der Waals surface area contributed by atoms with Crippen LogP contribution in [0.5, 0.6) is 0 Å². The van der Waals surface area contributed by atoms with Crippen molar-refractivity contribution in [2.24, 2.45) is 23.2 Å². The molecule has 9 heteroatoms. The van der Waals surface area contributed by atoms with Gasteiger partial charge in [0.15, 0.2) is 11.0 Å². The Hall–Kier alpha value is -3.20. The molecule has 0 spiro atoms. The Labute approximate surface area is 226 Å². The summed E-state index contributed by atoms with van der Waals surface area (Å²) in [5, 5.41) is 15.3. The van der Waals surface area contributed by atoms with Crippen LogP contribution in [0.25, 0.3) is 5.69 Å². The van der Waals surface area contributed by atoms with Gasteiger partial charge < -0.3 is 10.6 Å². The van der Waals surface area contributed by atoms with Gasteiger partial charge in [0, 0.05) is 16.8 Å². The van der Waals surface area contributed by atoms with Crippen molar-refractivity contribution in [3.8, 4) is 5.69 Å². The highest BCUT2D eigenvalue weighted by Crippen LogP contribution is 2.60. The molecule has 4 fully saturated rings. The maximum atomic E-state index is 13.7. The highest BCUT2D eigenvalue weighted by Gasteiger charge is 2.54. The summed E-state index contributed by atoms with van der Waals surface area (Å²) in [6.07, 6.45) is 6.82. The smallest absolute Gasteiger partial charge is 0.234 e. The molecular weight excluding hydrogens is 501 g/mol. The van der Waals surface area contributed by atoms with E-state index in [1.807, 2.05) is 31.2 Å². The first kappa shape index (κ1) is 25.1. The third-order valence-electron chi connectivity index (χ3n) is 8.38. The number of benzene rings is 2. The second-order valence-corrected chi connectivity index (χ2v) is 12.2. The zero-order valence-electron chi connectivity index (χ0n) is 21.5. The molecule has 4 aliphatic carbocycles. The number of anilines is 1. The lowest BCUT2D eigenvalue weighted by Crippen LogP contribution is -2.53. The van der Waals surface area contributed by atoms with E-state index >= 15 is 0 Å². The first-order chi connectivity index (χ1) is 18.4. The van der Waals surface area contributed by atoms with E-state index < -0.39 is 0 Å². The summed E-state index contributed by atoms with van der Waals surface area (Å²) in [7, 11) is 0. The van der Waals surface area contributed by atoms with Crippen LogP contribution in [0.2, 0.25) is 0 Å². The summed E-state index contributed by atoms with van der Waals surface area (Å²) < 4.78 is 15.5. The molecule has 2 aromatic carbocycles. The Bertz CT molecular complexity index is 1300. The molecule has 4 aliphatic rings. The van der Waals surface area contributed by atoms with E-state index in [4.69, 9.17) is 0 Å². The summed E-state index contributed by atoms with van der Waals surface area (Å²) >= 11 is 1.25. The zero-order valence-corrected chi connectivity index (χ0v) is 22.3. The summed E-state index contributed by atoms with van der Waals surface area (Å²) in [6.45, 7) is 2.22. The maximum Gasteiger partial charge on any atom is 0.234 e. The van der Waals surface area contributed by atoms with Crippen molar-refractivity contribution in [3.05, 3.63) is 65.7 Å². The minimum Gasteiger partial charge on any atom is -0.348 e. The van der Waals surface area contributed by atoms with Gasteiger partial charge in [-0.15, -0.1) is 10.2 Å². The van der Waals surface area contributed by atoms with Crippen molar-refractivity contribution in [1.82, 2.24) is 20.1 Å². The van der Waals surface area contributed by atoms with Gasteiger partial charge in [-0.05, 0) is 99.6 Å². The topological polar surface area (TPSA) is 88.9 Å². The van der Waals surface area contributed by atoms with E-state index in [-0.39, 0.29) is 35.3 Å². The highest BCUT2D eigenvalue weighted by atomic mass is 32.2. The van der Waals surface area contributed by atoms with Crippen molar-refractivity contribution < 1.29 is 14.0 Å². The molecule has 38 heavy (non-hydrogen) atoms. The minimum absolute atomic E-state index is 0.122. The van der Waals surface area contributed by atoms with Crippen molar-refractivity contribution in [1.29, 1.82) is 0 Å². The largest absolute Gasteiger partial charge is 0.348 e. The second-order valence-electron chi connectivity index (χ2n) is 11.3. The summed E-state index contributed by atoms with van der Waals surface area (Å²) in [5.41, 5.74) is 2.28. The van der Waals surface area contributed by atoms with Gasteiger partial charge in [-0.25, -0.2) is 4.39 Å². The van der Waals surface area contributed by atoms with Gasteiger partial charge in [0.2, 0.25) is 11.8 Å². The average Bonchev–Trinajstić information content (AvgIpc) is 3.30. The second kappa shape index (κ2) is 10.2. The van der Waals surface area contributed by atoms with Gasteiger partial charge in [-0.2, -0.15) is 0 Å². The molecule has 4 saturated carbocycles. The predicted molar refractivity (Wildman–Crippen MR) is 144 cm³/mol. The number of nitrogens with one attached hydrogen (secondary N) is 2. The van der Waals surface area contributed by atoms with Gasteiger partial charge in [0.05, 0.1) is 12.3 Å². The zero-order chi connectivity index (χ0) is 26.3. The fourth-order valence-electron chi connectivity index (χ4n) is 7.06. The number of amides is 2. The molecule has 0 radical (unpaired) electrons. The molecule has 7 nitrogen and oxygen atoms in total. The predicted octanol–water partition coefficient (Wildman–Crippen LogP) is 5.28. The van der Waals surface area contributed by atoms with Crippen molar-refractivity contribution in [2.45, 2.75) is 57.1 Å². The lowest BCUT2D eigenvalue weighted by molar-refractivity contribution is -0.146. The van der Waals surface area contributed by atoms with Crippen LogP contribution in [0.1, 0.15) is 49.9 Å². The molecule has 7 rings (SSSR count). The number of rotatable bonds is 8. The quantitative estimate of drug-likeness (QED) is 0.385. The summed E-state index contributed by atoms with van der Waals surface area (Å²) in [5.74, 6) is 2.35. The highest BCUT2D eigenvalue weighted by molar-refractivity contribution is 7.99. The molecule has 1 aromatic heterocycles. The van der Waals surface area contributed by atoms with Crippen LogP contribution in [0.4, 0.5) is 10.1 Å². The Morgan fingerprint density at radius 1 is 0.974 bits per heavy atom. The number of halogens is 1. The molecule has 2 amide bonds. The van der Waals surface area contributed by atoms with Gasteiger partial charge in [0.1, 0.15) is 5.82 Å². The van der Waals surface area contributed by atoms with E-state index in [0.717, 1.165) is 30.5 Å². The van der Waals surface area contributed by atoms with E-state index in [1.54, 1.807) is 16.7 Å². The number of carbonyl (C=O) groups is 2. The van der Waals surface area contributed by atoms with Crippen LogP contribution in [0, 0.1) is 35.9 Å².